The zero-order chi connectivity index (χ0) is 14.9. The SMILES string of the molecule is CCc1nn(C)c2c1nc(N)n2CCNC(=O)N(C)C. The second-order valence-electron chi connectivity index (χ2n) is 4.84. The van der Waals surface area contributed by atoms with Gasteiger partial charge in [0.1, 0.15) is 5.52 Å². The van der Waals surface area contributed by atoms with Gasteiger partial charge in [0.15, 0.2) is 5.65 Å². The molecule has 0 saturated carbocycles. The van der Waals surface area contributed by atoms with Crippen LogP contribution in [-0.4, -0.2) is 50.9 Å². The van der Waals surface area contributed by atoms with Crippen LogP contribution < -0.4 is 11.1 Å². The van der Waals surface area contributed by atoms with Gasteiger partial charge in [-0.25, -0.2) is 9.78 Å². The second kappa shape index (κ2) is 5.40. The Morgan fingerprint density at radius 1 is 1.45 bits per heavy atom. The third-order valence-electron chi connectivity index (χ3n) is 3.17. The smallest absolute Gasteiger partial charge is 0.316 e. The highest BCUT2D eigenvalue weighted by atomic mass is 16.2. The molecule has 0 fully saturated rings. The number of anilines is 1. The van der Waals surface area contributed by atoms with Crippen molar-refractivity contribution in [3.8, 4) is 0 Å². The van der Waals surface area contributed by atoms with Gasteiger partial charge in [-0.15, -0.1) is 0 Å². The van der Waals surface area contributed by atoms with Crippen LogP contribution in [0.25, 0.3) is 11.2 Å². The molecule has 0 radical (unpaired) electrons. The molecule has 0 bridgehead atoms. The van der Waals surface area contributed by atoms with Crippen LogP contribution in [0, 0.1) is 0 Å². The zero-order valence-corrected chi connectivity index (χ0v) is 12.3. The lowest BCUT2D eigenvalue weighted by Crippen LogP contribution is -2.36. The number of nitrogens with one attached hydrogen (secondary N) is 1. The van der Waals surface area contributed by atoms with Gasteiger partial charge in [0.05, 0.1) is 5.69 Å². The van der Waals surface area contributed by atoms with Gasteiger partial charge in [0.2, 0.25) is 5.95 Å². The van der Waals surface area contributed by atoms with E-state index in [1.165, 1.54) is 4.90 Å². The molecule has 110 valence electrons. The number of nitrogens with zero attached hydrogens (tertiary/aromatic N) is 5. The molecule has 20 heavy (non-hydrogen) atoms. The minimum atomic E-state index is -0.126. The number of urea groups is 1. The molecule has 0 aliphatic rings. The summed E-state index contributed by atoms with van der Waals surface area (Å²) in [5.74, 6) is 0.446. The quantitative estimate of drug-likeness (QED) is 0.835. The third kappa shape index (κ3) is 2.40. The average molecular weight is 279 g/mol. The van der Waals surface area contributed by atoms with E-state index in [-0.39, 0.29) is 6.03 Å². The van der Waals surface area contributed by atoms with Crippen molar-refractivity contribution in [3.05, 3.63) is 5.69 Å². The van der Waals surface area contributed by atoms with Gasteiger partial charge in [-0.1, -0.05) is 6.92 Å². The summed E-state index contributed by atoms with van der Waals surface area (Å²) in [5, 5.41) is 7.23. The third-order valence-corrected chi connectivity index (χ3v) is 3.17. The van der Waals surface area contributed by atoms with Crippen molar-refractivity contribution in [2.24, 2.45) is 7.05 Å². The molecule has 0 unspecified atom stereocenters. The van der Waals surface area contributed by atoms with Gasteiger partial charge in [-0.05, 0) is 6.42 Å². The van der Waals surface area contributed by atoms with E-state index >= 15 is 0 Å². The Hall–Kier alpha value is -2.25. The van der Waals surface area contributed by atoms with Crippen LogP contribution >= 0.6 is 0 Å². The number of amides is 2. The first-order valence-electron chi connectivity index (χ1n) is 6.58. The number of imidazole rings is 1. The van der Waals surface area contributed by atoms with Crippen LogP contribution in [0.3, 0.4) is 0 Å². The molecule has 2 aromatic heterocycles. The van der Waals surface area contributed by atoms with Gasteiger partial charge in [0, 0.05) is 34.2 Å². The summed E-state index contributed by atoms with van der Waals surface area (Å²) in [5.41, 5.74) is 8.62. The predicted molar refractivity (Wildman–Crippen MR) is 77.4 cm³/mol. The molecule has 8 nitrogen and oxygen atoms in total. The van der Waals surface area contributed by atoms with Crippen molar-refractivity contribution in [1.82, 2.24) is 29.5 Å². The Kier molecular flexibility index (Phi) is 3.82. The fourth-order valence-electron chi connectivity index (χ4n) is 2.15. The minimum absolute atomic E-state index is 0.126. The summed E-state index contributed by atoms with van der Waals surface area (Å²) in [6.07, 6.45) is 0.811. The first-order chi connectivity index (χ1) is 9.45. The maximum absolute atomic E-state index is 11.5. The molecule has 0 spiro atoms. The number of hydrogen-bond donors (Lipinski definition) is 2. The van der Waals surface area contributed by atoms with E-state index < -0.39 is 0 Å². The molecule has 8 heteroatoms. The molecule has 3 N–H and O–H groups in total. The van der Waals surface area contributed by atoms with E-state index in [9.17, 15) is 4.79 Å². The molecule has 0 atom stereocenters. The lowest BCUT2D eigenvalue weighted by molar-refractivity contribution is 0.217. The summed E-state index contributed by atoms with van der Waals surface area (Å²) in [6, 6.07) is -0.126. The standard InChI is InChI=1S/C12H21N7O/c1-5-8-9-10(18(4)16-8)19(11(13)15-9)7-6-14-12(20)17(2)3/h5-7H2,1-4H3,(H2,13,15)(H,14,20). The fourth-order valence-corrected chi connectivity index (χ4v) is 2.15. The zero-order valence-electron chi connectivity index (χ0n) is 12.3. The summed E-state index contributed by atoms with van der Waals surface area (Å²) in [4.78, 5) is 17.3. The maximum Gasteiger partial charge on any atom is 0.316 e. The predicted octanol–water partition coefficient (Wildman–Crippen LogP) is 0.186. The fraction of sp³-hybridized carbons (Fsp3) is 0.583. The van der Waals surface area contributed by atoms with Crippen molar-refractivity contribution in [1.29, 1.82) is 0 Å². The summed E-state index contributed by atoms with van der Waals surface area (Å²) in [7, 11) is 5.28. The Morgan fingerprint density at radius 2 is 2.15 bits per heavy atom. The summed E-state index contributed by atoms with van der Waals surface area (Å²) < 4.78 is 3.66. The number of nitrogen functional groups attached to an aromatic ring is 1. The van der Waals surface area contributed by atoms with Crippen molar-refractivity contribution in [2.45, 2.75) is 19.9 Å². The van der Waals surface area contributed by atoms with E-state index in [0.29, 0.717) is 19.0 Å². The Balaban J connectivity index is 2.20. The summed E-state index contributed by atoms with van der Waals surface area (Å²) >= 11 is 0. The number of aryl methyl sites for hydroxylation is 2. The van der Waals surface area contributed by atoms with E-state index in [1.807, 2.05) is 18.5 Å². The van der Waals surface area contributed by atoms with Crippen LogP contribution in [0.1, 0.15) is 12.6 Å². The van der Waals surface area contributed by atoms with Gasteiger partial charge in [0.25, 0.3) is 0 Å². The number of nitrogens with two attached hydrogens (primary N) is 1. The topological polar surface area (TPSA) is 94.0 Å². The van der Waals surface area contributed by atoms with Crippen LogP contribution in [0.4, 0.5) is 10.7 Å². The van der Waals surface area contributed by atoms with Crippen molar-refractivity contribution in [2.75, 3.05) is 26.4 Å². The first kappa shape index (κ1) is 14.2. The molecule has 2 aromatic rings. The molecule has 2 amide bonds. The highest BCUT2D eigenvalue weighted by Gasteiger charge is 2.16. The average Bonchev–Trinajstić information content (AvgIpc) is 2.87. The van der Waals surface area contributed by atoms with E-state index in [1.54, 1.807) is 18.8 Å². The van der Waals surface area contributed by atoms with Gasteiger partial charge >= 0.3 is 6.03 Å². The van der Waals surface area contributed by atoms with Crippen molar-refractivity contribution < 1.29 is 4.79 Å². The lowest BCUT2D eigenvalue weighted by Gasteiger charge is -2.12. The highest BCUT2D eigenvalue weighted by molar-refractivity contribution is 5.78. The lowest BCUT2D eigenvalue weighted by atomic mass is 10.3. The molecule has 0 aliphatic carbocycles. The van der Waals surface area contributed by atoms with Crippen LogP contribution in [-0.2, 0) is 20.0 Å². The van der Waals surface area contributed by atoms with E-state index in [0.717, 1.165) is 23.3 Å². The molecule has 2 heterocycles. The number of rotatable bonds is 4. The van der Waals surface area contributed by atoms with E-state index in [4.69, 9.17) is 5.73 Å². The van der Waals surface area contributed by atoms with E-state index in [2.05, 4.69) is 15.4 Å². The minimum Gasteiger partial charge on any atom is -0.369 e. The molecule has 0 aliphatic heterocycles. The number of carbonyl (C=O) groups is 1. The largest absolute Gasteiger partial charge is 0.369 e. The molecular weight excluding hydrogens is 258 g/mol. The van der Waals surface area contributed by atoms with Gasteiger partial charge < -0.3 is 16.0 Å². The number of carbonyl (C=O) groups excluding carboxylic acids is 1. The molecule has 0 saturated heterocycles. The Bertz CT molecular complexity index is 625. The van der Waals surface area contributed by atoms with Crippen molar-refractivity contribution in [3.63, 3.8) is 0 Å². The molecule has 0 aromatic carbocycles. The summed E-state index contributed by atoms with van der Waals surface area (Å²) in [6.45, 7) is 3.08. The van der Waals surface area contributed by atoms with Crippen LogP contribution in [0.2, 0.25) is 0 Å². The Morgan fingerprint density at radius 3 is 2.75 bits per heavy atom. The first-order valence-corrected chi connectivity index (χ1v) is 6.58. The highest BCUT2D eigenvalue weighted by Crippen LogP contribution is 2.20. The van der Waals surface area contributed by atoms with Gasteiger partial charge in [-0.3, -0.25) is 9.25 Å². The number of fused-ring (bicyclic) bond motifs is 1. The van der Waals surface area contributed by atoms with Gasteiger partial charge in [-0.2, -0.15) is 5.10 Å². The van der Waals surface area contributed by atoms with Crippen LogP contribution in [0.15, 0.2) is 0 Å². The maximum atomic E-state index is 11.5. The van der Waals surface area contributed by atoms with Crippen LogP contribution in [0.5, 0.6) is 0 Å². The normalized spacial score (nSPS) is 11.0. The number of hydrogen-bond acceptors (Lipinski definition) is 4. The molecule has 2 rings (SSSR count). The van der Waals surface area contributed by atoms with Crippen molar-refractivity contribution >= 4 is 23.1 Å². The molecular formula is C12H21N7O. The number of aromatic nitrogens is 4. The monoisotopic (exact) mass is 279 g/mol. The Labute approximate surface area is 117 Å². The second-order valence-corrected chi connectivity index (χ2v) is 4.84.